The molecule has 1 aromatic rings. The number of rotatable bonds is 2. The maximum Gasteiger partial charge on any atom is 0.239 e. The van der Waals surface area contributed by atoms with Crippen LogP contribution in [-0.2, 0) is 14.4 Å². The van der Waals surface area contributed by atoms with Gasteiger partial charge < -0.3 is 5.32 Å². The van der Waals surface area contributed by atoms with Gasteiger partial charge in [0, 0.05) is 10.9 Å². The van der Waals surface area contributed by atoms with Gasteiger partial charge in [0.2, 0.25) is 17.5 Å². The van der Waals surface area contributed by atoms with Crippen LogP contribution in [0.15, 0.2) is 18.2 Å². The number of benzene rings is 1. The van der Waals surface area contributed by atoms with E-state index in [2.05, 4.69) is 5.32 Å². The van der Waals surface area contributed by atoms with E-state index >= 15 is 0 Å². The van der Waals surface area contributed by atoms with Crippen LogP contribution < -0.4 is 5.32 Å². The van der Waals surface area contributed by atoms with Crippen LogP contribution in [0, 0.1) is 16.7 Å². The Bertz CT molecular complexity index is 713. The Hall–Kier alpha value is -1.39. The second-order valence-corrected chi connectivity index (χ2v) is 7.33. The highest BCUT2D eigenvalue weighted by molar-refractivity contribution is 6.48. The van der Waals surface area contributed by atoms with E-state index < -0.39 is 28.3 Å². The lowest BCUT2D eigenvalue weighted by Crippen LogP contribution is -2.47. The number of hydrogen-bond acceptors (Lipinski definition) is 3. The number of fused-ring (bicyclic) bond motifs is 2. The first-order valence-corrected chi connectivity index (χ1v) is 7.82. The van der Waals surface area contributed by atoms with Crippen LogP contribution in [0.5, 0.6) is 0 Å². The number of halogens is 2. The number of anilines is 1. The van der Waals surface area contributed by atoms with Crippen LogP contribution in [0.4, 0.5) is 5.69 Å². The molecule has 0 heterocycles. The highest BCUT2D eigenvalue weighted by atomic mass is 35.5. The number of nitrogens with one attached hydrogen (secondary N) is 1. The molecule has 1 amide bonds. The molecule has 1 aromatic carbocycles. The third kappa shape index (κ3) is 1.80. The largest absolute Gasteiger partial charge is 0.324 e. The smallest absolute Gasteiger partial charge is 0.239 e. The molecule has 0 aliphatic heterocycles. The third-order valence-corrected chi connectivity index (χ3v) is 5.82. The molecule has 2 unspecified atom stereocenters. The van der Waals surface area contributed by atoms with Gasteiger partial charge in [0.25, 0.3) is 0 Å². The van der Waals surface area contributed by atoms with E-state index in [0.29, 0.717) is 28.6 Å². The molecule has 2 fully saturated rings. The maximum absolute atomic E-state index is 12.8. The van der Waals surface area contributed by atoms with Crippen LogP contribution in [0.3, 0.4) is 0 Å². The number of carbonyl (C=O) groups excluding carboxylic acids is 3. The molecule has 2 aliphatic rings. The first-order valence-electron chi connectivity index (χ1n) is 7.07. The van der Waals surface area contributed by atoms with E-state index in [1.807, 2.05) is 13.8 Å². The van der Waals surface area contributed by atoms with Gasteiger partial charge in [0.1, 0.15) is 5.41 Å². The molecule has 116 valence electrons. The van der Waals surface area contributed by atoms with Crippen LogP contribution in [-0.4, -0.2) is 17.5 Å². The Morgan fingerprint density at radius 1 is 1.27 bits per heavy atom. The van der Waals surface area contributed by atoms with E-state index in [1.54, 1.807) is 12.1 Å². The molecule has 6 heteroatoms. The molecule has 1 N–H and O–H groups in total. The molecule has 0 saturated heterocycles. The average molecular weight is 340 g/mol. The Kier molecular flexibility index (Phi) is 3.38. The van der Waals surface area contributed by atoms with Crippen molar-refractivity contribution in [2.75, 3.05) is 5.32 Å². The van der Waals surface area contributed by atoms with Crippen molar-refractivity contribution in [3.8, 4) is 0 Å². The molecule has 0 aromatic heterocycles. The summed E-state index contributed by atoms with van der Waals surface area (Å²) in [6.45, 7) is 3.63. The molecule has 22 heavy (non-hydrogen) atoms. The minimum atomic E-state index is -1.29. The van der Waals surface area contributed by atoms with E-state index in [-0.39, 0.29) is 5.92 Å². The summed E-state index contributed by atoms with van der Waals surface area (Å²) in [6.07, 6.45) is 0.964. The molecule has 3 rings (SSSR count). The fraction of sp³-hybridized carbons (Fsp3) is 0.438. The van der Waals surface area contributed by atoms with Gasteiger partial charge >= 0.3 is 0 Å². The molecule has 2 bridgehead atoms. The Balaban J connectivity index is 1.98. The predicted molar refractivity (Wildman–Crippen MR) is 84.0 cm³/mol. The second-order valence-electron chi connectivity index (χ2n) is 6.49. The quantitative estimate of drug-likeness (QED) is 0.662. The summed E-state index contributed by atoms with van der Waals surface area (Å²) in [5.41, 5.74) is -1.58. The summed E-state index contributed by atoms with van der Waals surface area (Å²) in [5.74, 6) is -1.82. The summed E-state index contributed by atoms with van der Waals surface area (Å²) in [4.78, 5) is 37.3. The van der Waals surface area contributed by atoms with Gasteiger partial charge in [0.15, 0.2) is 0 Å². The molecule has 4 nitrogen and oxygen atoms in total. The van der Waals surface area contributed by atoms with E-state index in [4.69, 9.17) is 23.2 Å². The lowest BCUT2D eigenvalue weighted by Gasteiger charge is -2.33. The van der Waals surface area contributed by atoms with Crippen LogP contribution in [0.25, 0.3) is 0 Å². The van der Waals surface area contributed by atoms with Crippen molar-refractivity contribution in [2.24, 2.45) is 16.7 Å². The van der Waals surface area contributed by atoms with Crippen molar-refractivity contribution in [1.82, 2.24) is 0 Å². The molecule has 2 saturated carbocycles. The second kappa shape index (κ2) is 4.80. The molecule has 0 radical (unpaired) electrons. The lowest BCUT2D eigenvalue weighted by atomic mass is 9.68. The van der Waals surface area contributed by atoms with E-state index in [9.17, 15) is 14.4 Å². The molecule has 2 aliphatic carbocycles. The number of carbonyl (C=O) groups is 3. The van der Waals surface area contributed by atoms with Gasteiger partial charge in [0.05, 0.1) is 10.7 Å². The van der Waals surface area contributed by atoms with Crippen LogP contribution in [0.1, 0.15) is 26.7 Å². The number of Topliss-reactive ketones (excluding diaryl/α,β-unsaturated/α-hetero) is 2. The Labute approximate surface area is 138 Å². The lowest BCUT2D eigenvalue weighted by molar-refractivity contribution is -0.147. The fourth-order valence-corrected chi connectivity index (χ4v) is 4.36. The summed E-state index contributed by atoms with van der Waals surface area (Å²) >= 11 is 11.9. The topological polar surface area (TPSA) is 63.2 Å². The minimum absolute atomic E-state index is 0.293. The van der Waals surface area contributed by atoms with Crippen molar-refractivity contribution in [3.05, 3.63) is 28.2 Å². The van der Waals surface area contributed by atoms with Crippen LogP contribution in [0.2, 0.25) is 10.0 Å². The first-order chi connectivity index (χ1) is 10.2. The summed E-state index contributed by atoms with van der Waals surface area (Å²) in [5, 5.41) is 3.45. The van der Waals surface area contributed by atoms with Crippen molar-refractivity contribution in [2.45, 2.75) is 26.7 Å². The zero-order valence-corrected chi connectivity index (χ0v) is 13.7. The molecule has 2 atom stereocenters. The van der Waals surface area contributed by atoms with Crippen molar-refractivity contribution < 1.29 is 14.4 Å². The molecular formula is C16H15Cl2NO3. The standard InChI is InChI=1S/C16H15Cl2NO3/c1-15(2)9-5-6-16(15,13(21)12(9)20)14(22)19-11-4-3-8(17)7-10(11)18/h3-4,7,9H,5-6H2,1-2H3,(H,19,22). The third-order valence-electron chi connectivity index (χ3n) is 5.27. The van der Waals surface area contributed by atoms with Crippen molar-refractivity contribution >= 4 is 46.4 Å². The molecule has 0 spiro atoms. The molecular weight excluding hydrogens is 325 g/mol. The highest BCUT2D eigenvalue weighted by Gasteiger charge is 2.72. The normalized spacial score (nSPS) is 29.0. The zero-order valence-electron chi connectivity index (χ0n) is 12.2. The summed E-state index contributed by atoms with van der Waals surface area (Å²) < 4.78 is 0. The Morgan fingerprint density at radius 3 is 2.50 bits per heavy atom. The van der Waals surface area contributed by atoms with Gasteiger partial charge in [-0.05, 0) is 36.5 Å². The first kappa shape index (κ1) is 15.5. The summed E-state index contributed by atoms with van der Waals surface area (Å²) in [6, 6.07) is 4.70. The average Bonchev–Trinajstić information content (AvgIpc) is 2.78. The SMILES string of the molecule is CC1(C)C2CCC1(C(=O)Nc1ccc(Cl)cc1Cl)C(=O)C2=O. The van der Waals surface area contributed by atoms with Crippen molar-refractivity contribution in [1.29, 1.82) is 0 Å². The number of amides is 1. The maximum atomic E-state index is 12.8. The minimum Gasteiger partial charge on any atom is -0.324 e. The fourth-order valence-electron chi connectivity index (χ4n) is 3.90. The monoisotopic (exact) mass is 339 g/mol. The van der Waals surface area contributed by atoms with Crippen molar-refractivity contribution in [3.63, 3.8) is 0 Å². The highest BCUT2D eigenvalue weighted by Crippen LogP contribution is 2.62. The number of hydrogen-bond donors (Lipinski definition) is 1. The van der Waals surface area contributed by atoms with Gasteiger partial charge in [-0.15, -0.1) is 0 Å². The van der Waals surface area contributed by atoms with E-state index in [0.717, 1.165) is 0 Å². The predicted octanol–water partition coefficient (Wildman–Crippen LogP) is 3.51. The summed E-state index contributed by atoms with van der Waals surface area (Å²) in [7, 11) is 0. The number of ketones is 2. The van der Waals surface area contributed by atoms with Crippen LogP contribution >= 0.6 is 23.2 Å². The zero-order chi connectivity index (χ0) is 16.3. The van der Waals surface area contributed by atoms with E-state index in [1.165, 1.54) is 6.07 Å². The van der Waals surface area contributed by atoms with Gasteiger partial charge in [-0.3, -0.25) is 14.4 Å². The van der Waals surface area contributed by atoms with Gasteiger partial charge in [-0.25, -0.2) is 0 Å². The van der Waals surface area contributed by atoms with Gasteiger partial charge in [-0.2, -0.15) is 0 Å². The Morgan fingerprint density at radius 2 is 1.95 bits per heavy atom. The van der Waals surface area contributed by atoms with Gasteiger partial charge in [-0.1, -0.05) is 37.0 Å².